The number of nitrogens with zero attached hydrogens (tertiary/aromatic N) is 2. The minimum absolute atomic E-state index is 0.0908. The highest BCUT2D eigenvalue weighted by Crippen LogP contribution is 2.22. The molecular weight excluding hydrogens is 365 g/mol. The lowest BCUT2D eigenvalue weighted by Crippen LogP contribution is -2.09. The number of carbonyl (C=O) groups is 1. The van der Waals surface area contributed by atoms with Gasteiger partial charge in [-0.3, -0.25) is 14.9 Å². The van der Waals surface area contributed by atoms with Gasteiger partial charge in [-0.05, 0) is 48.5 Å². The van der Waals surface area contributed by atoms with Crippen LogP contribution in [0.2, 0.25) is 0 Å². The number of benzene rings is 2. The molecule has 0 spiro atoms. The number of nitro groups is 1. The molecule has 1 heterocycles. The van der Waals surface area contributed by atoms with Crippen molar-refractivity contribution in [3.63, 3.8) is 0 Å². The van der Waals surface area contributed by atoms with Crippen molar-refractivity contribution in [2.45, 2.75) is 0 Å². The Morgan fingerprint density at radius 3 is 2.46 bits per heavy atom. The molecule has 3 aromatic rings. The van der Waals surface area contributed by atoms with E-state index in [1.807, 2.05) is 0 Å². The summed E-state index contributed by atoms with van der Waals surface area (Å²) in [5.74, 6) is 0.298. The number of hydrogen-bond donors (Lipinski definition) is 1. The molecule has 0 saturated heterocycles. The van der Waals surface area contributed by atoms with Gasteiger partial charge < -0.3 is 10.1 Å². The van der Waals surface area contributed by atoms with Crippen molar-refractivity contribution in [1.82, 2.24) is 4.98 Å². The lowest BCUT2D eigenvalue weighted by molar-refractivity contribution is -0.385. The summed E-state index contributed by atoms with van der Waals surface area (Å²) in [6.07, 6.45) is 3.96. The Balaban J connectivity index is 1.61. The molecule has 2 aromatic carbocycles. The van der Waals surface area contributed by atoms with E-state index in [1.54, 1.807) is 24.3 Å². The molecule has 0 radical (unpaired) electrons. The summed E-state index contributed by atoms with van der Waals surface area (Å²) in [7, 11) is 0. The summed E-state index contributed by atoms with van der Waals surface area (Å²) in [6, 6.07) is 14.8. The summed E-state index contributed by atoms with van der Waals surface area (Å²) in [4.78, 5) is 26.5. The number of carbonyl (C=O) groups excluding carboxylic acids is 1. The smallest absolute Gasteiger partial charge is 0.276 e. The average Bonchev–Trinajstić information content (AvgIpc) is 2.70. The Morgan fingerprint density at radius 2 is 1.79 bits per heavy atom. The molecule has 7 nitrogen and oxygen atoms in total. The molecule has 0 aliphatic heterocycles. The quantitative estimate of drug-likeness (QED) is 0.384. The van der Waals surface area contributed by atoms with Crippen molar-refractivity contribution in [3.8, 4) is 11.5 Å². The Morgan fingerprint density at radius 1 is 1.07 bits per heavy atom. The fourth-order valence-corrected chi connectivity index (χ4v) is 2.28. The Bertz CT molecular complexity index is 1020. The first-order chi connectivity index (χ1) is 13.5. The zero-order valence-electron chi connectivity index (χ0n) is 14.4. The fraction of sp³-hybridized carbons (Fsp3) is 0. The first-order valence-electron chi connectivity index (χ1n) is 8.13. The highest BCUT2D eigenvalue weighted by molar-refractivity contribution is 6.01. The molecular formula is C20H14FN3O4. The van der Waals surface area contributed by atoms with Crippen LogP contribution >= 0.6 is 0 Å². The lowest BCUT2D eigenvalue weighted by atomic mass is 10.1. The molecule has 140 valence electrons. The van der Waals surface area contributed by atoms with Crippen molar-refractivity contribution in [2.24, 2.45) is 0 Å². The van der Waals surface area contributed by atoms with Crippen molar-refractivity contribution in [3.05, 3.63) is 94.4 Å². The maximum atomic E-state index is 12.9. The van der Waals surface area contributed by atoms with E-state index in [9.17, 15) is 19.3 Å². The number of hydrogen-bond acceptors (Lipinski definition) is 5. The lowest BCUT2D eigenvalue weighted by Gasteiger charge is -2.06. The van der Waals surface area contributed by atoms with Crippen LogP contribution in [0.5, 0.6) is 11.5 Å². The standard InChI is InChI=1S/C20H14FN3O4/c21-15-6-8-16(9-7-15)28-17-10-11-19(22-13-17)23-20(25)12-5-14-3-1-2-4-18(14)24(26)27/h1-13H,(H,22,23,25). The SMILES string of the molecule is O=C(C=Cc1ccccc1[N+](=O)[O-])Nc1ccc(Oc2ccc(F)cc2)cn1. The van der Waals surface area contributed by atoms with Gasteiger partial charge in [-0.2, -0.15) is 0 Å². The highest BCUT2D eigenvalue weighted by Gasteiger charge is 2.10. The van der Waals surface area contributed by atoms with E-state index in [1.165, 1.54) is 54.7 Å². The monoisotopic (exact) mass is 379 g/mol. The molecule has 0 atom stereocenters. The Labute approximate surface area is 159 Å². The van der Waals surface area contributed by atoms with Gasteiger partial charge in [0.15, 0.2) is 0 Å². The van der Waals surface area contributed by atoms with E-state index in [2.05, 4.69) is 10.3 Å². The molecule has 0 aliphatic rings. The van der Waals surface area contributed by atoms with Crippen LogP contribution in [0.25, 0.3) is 6.08 Å². The number of anilines is 1. The van der Waals surface area contributed by atoms with E-state index in [-0.39, 0.29) is 17.3 Å². The number of halogens is 1. The molecule has 1 aromatic heterocycles. The fourth-order valence-electron chi connectivity index (χ4n) is 2.28. The second-order valence-electron chi connectivity index (χ2n) is 5.57. The van der Waals surface area contributed by atoms with Gasteiger partial charge in [0.1, 0.15) is 23.1 Å². The second-order valence-corrected chi connectivity index (χ2v) is 5.57. The van der Waals surface area contributed by atoms with Gasteiger partial charge in [-0.15, -0.1) is 0 Å². The van der Waals surface area contributed by atoms with Gasteiger partial charge in [-0.25, -0.2) is 9.37 Å². The number of nitro benzene ring substituents is 1. The van der Waals surface area contributed by atoms with E-state index < -0.39 is 10.8 Å². The van der Waals surface area contributed by atoms with Crippen LogP contribution in [0.15, 0.2) is 72.9 Å². The third-order valence-electron chi connectivity index (χ3n) is 3.58. The molecule has 28 heavy (non-hydrogen) atoms. The number of pyridine rings is 1. The molecule has 0 fully saturated rings. The van der Waals surface area contributed by atoms with Crippen molar-refractivity contribution in [1.29, 1.82) is 0 Å². The van der Waals surface area contributed by atoms with Crippen LogP contribution in [-0.4, -0.2) is 15.8 Å². The third-order valence-corrected chi connectivity index (χ3v) is 3.58. The molecule has 1 amide bonds. The van der Waals surface area contributed by atoms with E-state index in [0.29, 0.717) is 17.1 Å². The first-order valence-corrected chi connectivity index (χ1v) is 8.13. The predicted octanol–water partition coefficient (Wildman–Crippen LogP) is 4.57. The minimum atomic E-state index is -0.515. The van der Waals surface area contributed by atoms with Gasteiger partial charge in [0.25, 0.3) is 5.69 Å². The number of aromatic nitrogens is 1. The molecule has 1 N–H and O–H groups in total. The Kier molecular flexibility index (Phi) is 5.71. The molecule has 0 saturated carbocycles. The van der Waals surface area contributed by atoms with Gasteiger partial charge in [-0.1, -0.05) is 12.1 Å². The van der Waals surface area contributed by atoms with Crippen LogP contribution in [0.4, 0.5) is 15.9 Å². The summed E-state index contributed by atoms with van der Waals surface area (Å²) in [5.41, 5.74) is 0.227. The molecule has 0 bridgehead atoms. The predicted molar refractivity (Wildman–Crippen MR) is 101 cm³/mol. The van der Waals surface area contributed by atoms with Crippen molar-refractivity contribution in [2.75, 3.05) is 5.32 Å². The van der Waals surface area contributed by atoms with Gasteiger partial charge in [0, 0.05) is 12.1 Å². The average molecular weight is 379 g/mol. The number of nitrogens with one attached hydrogen (secondary N) is 1. The topological polar surface area (TPSA) is 94.4 Å². The zero-order valence-corrected chi connectivity index (χ0v) is 14.4. The van der Waals surface area contributed by atoms with Crippen molar-refractivity contribution < 1.29 is 18.8 Å². The normalized spacial score (nSPS) is 10.6. The minimum Gasteiger partial charge on any atom is -0.456 e. The number of amides is 1. The van der Waals surface area contributed by atoms with Crippen LogP contribution in [-0.2, 0) is 4.79 Å². The van der Waals surface area contributed by atoms with Gasteiger partial charge in [0.2, 0.25) is 5.91 Å². The summed E-state index contributed by atoms with van der Waals surface area (Å²) in [5, 5.41) is 13.5. The van der Waals surface area contributed by atoms with Crippen molar-refractivity contribution >= 4 is 23.5 Å². The first kappa shape index (κ1) is 18.7. The van der Waals surface area contributed by atoms with E-state index in [0.717, 1.165) is 0 Å². The largest absolute Gasteiger partial charge is 0.456 e. The number of para-hydroxylation sites is 1. The van der Waals surface area contributed by atoms with Crippen LogP contribution in [0, 0.1) is 15.9 Å². The highest BCUT2D eigenvalue weighted by atomic mass is 19.1. The van der Waals surface area contributed by atoms with Gasteiger partial charge in [0.05, 0.1) is 16.7 Å². The maximum Gasteiger partial charge on any atom is 0.276 e. The Hall–Kier alpha value is -4.07. The second kappa shape index (κ2) is 8.54. The maximum absolute atomic E-state index is 12.9. The number of rotatable bonds is 6. The van der Waals surface area contributed by atoms with Crippen LogP contribution < -0.4 is 10.1 Å². The number of ether oxygens (including phenoxy) is 1. The van der Waals surface area contributed by atoms with Crippen LogP contribution in [0.3, 0.4) is 0 Å². The zero-order chi connectivity index (χ0) is 19.9. The molecule has 0 aliphatic carbocycles. The summed E-state index contributed by atoms with van der Waals surface area (Å²) in [6.45, 7) is 0. The molecule has 3 rings (SSSR count). The van der Waals surface area contributed by atoms with Crippen LogP contribution in [0.1, 0.15) is 5.56 Å². The molecule has 8 heteroatoms. The van der Waals surface area contributed by atoms with E-state index in [4.69, 9.17) is 4.74 Å². The summed E-state index contributed by atoms with van der Waals surface area (Å²) < 4.78 is 18.4. The molecule has 0 unspecified atom stereocenters. The van der Waals surface area contributed by atoms with E-state index >= 15 is 0 Å². The third kappa shape index (κ3) is 4.98. The van der Waals surface area contributed by atoms with Gasteiger partial charge >= 0.3 is 0 Å². The summed E-state index contributed by atoms with van der Waals surface area (Å²) >= 11 is 0.